The summed E-state index contributed by atoms with van der Waals surface area (Å²) in [5.74, 6) is 0.660. The SMILES string of the molecule is C[C@H](NC(=O)c1occc1-c1ccccc1)c1nnc2ccccn12. The van der Waals surface area contributed by atoms with Crippen molar-refractivity contribution in [1.29, 1.82) is 0 Å². The maximum Gasteiger partial charge on any atom is 0.288 e. The molecule has 25 heavy (non-hydrogen) atoms. The van der Waals surface area contributed by atoms with Gasteiger partial charge in [-0.1, -0.05) is 36.4 Å². The minimum atomic E-state index is -0.321. The highest BCUT2D eigenvalue weighted by Gasteiger charge is 2.21. The first-order valence-electron chi connectivity index (χ1n) is 7.97. The van der Waals surface area contributed by atoms with Crippen LogP contribution < -0.4 is 5.32 Å². The van der Waals surface area contributed by atoms with Crippen LogP contribution in [0, 0.1) is 0 Å². The summed E-state index contributed by atoms with van der Waals surface area (Å²) in [4.78, 5) is 12.7. The number of aromatic nitrogens is 3. The third-order valence-electron chi connectivity index (χ3n) is 4.03. The monoisotopic (exact) mass is 332 g/mol. The molecule has 0 aliphatic heterocycles. The molecule has 0 saturated heterocycles. The first kappa shape index (κ1) is 15.1. The number of nitrogens with zero attached hydrogens (tertiary/aromatic N) is 3. The van der Waals surface area contributed by atoms with Gasteiger partial charge in [-0.25, -0.2) is 0 Å². The molecule has 0 bridgehead atoms. The fourth-order valence-corrected chi connectivity index (χ4v) is 2.81. The summed E-state index contributed by atoms with van der Waals surface area (Å²) in [5.41, 5.74) is 2.43. The number of nitrogens with one attached hydrogen (secondary N) is 1. The highest BCUT2D eigenvalue weighted by Crippen LogP contribution is 2.25. The van der Waals surface area contributed by atoms with E-state index in [1.807, 2.05) is 66.1 Å². The van der Waals surface area contributed by atoms with Crippen LogP contribution in [-0.4, -0.2) is 20.5 Å². The normalized spacial score (nSPS) is 12.2. The second kappa shape index (κ2) is 6.24. The van der Waals surface area contributed by atoms with Crippen molar-refractivity contribution in [2.75, 3.05) is 0 Å². The zero-order chi connectivity index (χ0) is 17.2. The number of fused-ring (bicyclic) bond motifs is 1. The van der Waals surface area contributed by atoms with Crippen molar-refractivity contribution in [2.45, 2.75) is 13.0 Å². The lowest BCUT2D eigenvalue weighted by molar-refractivity contribution is 0.0911. The molecular weight excluding hydrogens is 316 g/mol. The highest BCUT2D eigenvalue weighted by molar-refractivity contribution is 5.98. The summed E-state index contributed by atoms with van der Waals surface area (Å²) in [7, 11) is 0. The van der Waals surface area contributed by atoms with Crippen molar-refractivity contribution in [3.63, 3.8) is 0 Å². The Morgan fingerprint density at radius 1 is 1.08 bits per heavy atom. The van der Waals surface area contributed by atoms with E-state index >= 15 is 0 Å². The molecule has 0 radical (unpaired) electrons. The molecule has 3 heterocycles. The third kappa shape index (κ3) is 2.78. The number of rotatable bonds is 4. The van der Waals surface area contributed by atoms with Gasteiger partial charge in [-0.3, -0.25) is 9.20 Å². The van der Waals surface area contributed by atoms with Gasteiger partial charge in [0.05, 0.1) is 12.3 Å². The number of furan rings is 1. The Morgan fingerprint density at radius 3 is 2.72 bits per heavy atom. The van der Waals surface area contributed by atoms with Gasteiger partial charge in [-0.05, 0) is 30.7 Å². The van der Waals surface area contributed by atoms with E-state index < -0.39 is 0 Å². The van der Waals surface area contributed by atoms with E-state index in [0.717, 1.165) is 16.8 Å². The molecule has 4 aromatic rings. The molecule has 0 unspecified atom stereocenters. The quantitative estimate of drug-likeness (QED) is 0.621. The fourth-order valence-electron chi connectivity index (χ4n) is 2.81. The first-order valence-corrected chi connectivity index (χ1v) is 7.97. The Balaban J connectivity index is 1.60. The van der Waals surface area contributed by atoms with E-state index in [4.69, 9.17) is 4.42 Å². The lowest BCUT2D eigenvalue weighted by Crippen LogP contribution is -2.28. The number of pyridine rings is 1. The van der Waals surface area contributed by atoms with Crippen molar-refractivity contribution in [3.8, 4) is 11.1 Å². The van der Waals surface area contributed by atoms with Crippen LogP contribution in [0.2, 0.25) is 0 Å². The van der Waals surface area contributed by atoms with Gasteiger partial charge in [-0.15, -0.1) is 10.2 Å². The summed E-state index contributed by atoms with van der Waals surface area (Å²) in [6.45, 7) is 1.87. The van der Waals surface area contributed by atoms with E-state index in [0.29, 0.717) is 5.82 Å². The first-order chi connectivity index (χ1) is 12.2. The zero-order valence-electron chi connectivity index (χ0n) is 13.6. The second-order valence-corrected chi connectivity index (χ2v) is 5.71. The van der Waals surface area contributed by atoms with E-state index in [2.05, 4.69) is 15.5 Å². The topological polar surface area (TPSA) is 72.4 Å². The average molecular weight is 332 g/mol. The lowest BCUT2D eigenvalue weighted by atomic mass is 10.1. The zero-order valence-corrected chi connectivity index (χ0v) is 13.6. The summed E-state index contributed by atoms with van der Waals surface area (Å²) >= 11 is 0. The van der Waals surface area contributed by atoms with Crippen LogP contribution in [0.25, 0.3) is 16.8 Å². The molecule has 6 nitrogen and oxygen atoms in total. The Bertz CT molecular complexity index is 1020. The molecular formula is C19H16N4O2. The molecule has 0 spiro atoms. The Morgan fingerprint density at radius 2 is 1.88 bits per heavy atom. The fraction of sp³-hybridized carbons (Fsp3) is 0.105. The molecule has 3 aromatic heterocycles. The molecule has 0 saturated carbocycles. The molecule has 0 aliphatic rings. The van der Waals surface area contributed by atoms with Gasteiger partial charge < -0.3 is 9.73 Å². The van der Waals surface area contributed by atoms with Crippen molar-refractivity contribution < 1.29 is 9.21 Å². The van der Waals surface area contributed by atoms with Crippen LogP contribution in [-0.2, 0) is 0 Å². The Labute approximate surface area is 144 Å². The van der Waals surface area contributed by atoms with Gasteiger partial charge in [0.15, 0.2) is 17.2 Å². The van der Waals surface area contributed by atoms with Gasteiger partial charge in [0.1, 0.15) is 0 Å². The molecule has 1 amide bonds. The summed E-state index contributed by atoms with van der Waals surface area (Å²) in [6.07, 6.45) is 3.39. The van der Waals surface area contributed by atoms with Gasteiger partial charge in [0.2, 0.25) is 0 Å². The number of carbonyl (C=O) groups is 1. The summed E-state index contributed by atoms with van der Waals surface area (Å²) in [5, 5.41) is 11.2. The van der Waals surface area contributed by atoms with Crippen molar-refractivity contribution >= 4 is 11.6 Å². The average Bonchev–Trinajstić information content (AvgIpc) is 3.29. The smallest absolute Gasteiger partial charge is 0.288 e. The van der Waals surface area contributed by atoms with Crippen LogP contribution in [0.1, 0.15) is 29.3 Å². The second-order valence-electron chi connectivity index (χ2n) is 5.71. The summed E-state index contributed by atoms with van der Waals surface area (Å²) < 4.78 is 7.28. The van der Waals surface area contributed by atoms with Crippen molar-refractivity contribution in [1.82, 2.24) is 19.9 Å². The van der Waals surface area contributed by atoms with E-state index in [9.17, 15) is 4.79 Å². The molecule has 4 rings (SSSR count). The predicted molar refractivity (Wildman–Crippen MR) is 93.0 cm³/mol. The molecule has 124 valence electrons. The molecule has 6 heteroatoms. The number of hydrogen-bond acceptors (Lipinski definition) is 4. The van der Waals surface area contributed by atoms with Crippen LogP contribution >= 0.6 is 0 Å². The molecule has 0 fully saturated rings. The molecule has 1 atom stereocenters. The number of amides is 1. The van der Waals surface area contributed by atoms with E-state index in [1.54, 1.807) is 6.07 Å². The predicted octanol–water partition coefficient (Wildman–Crippen LogP) is 3.48. The minimum Gasteiger partial charge on any atom is -0.459 e. The molecule has 1 aromatic carbocycles. The Hall–Kier alpha value is -3.41. The number of carbonyl (C=O) groups excluding carboxylic acids is 1. The van der Waals surface area contributed by atoms with Gasteiger partial charge >= 0.3 is 0 Å². The van der Waals surface area contributed by atoms with Crippen LogP contribution in [0.3, 0.4) is 0 Å². The summed E-state index contributed by atoms with van der Waals surface area (Å²) in [6, 6.07) is 16.8. The van der Waals surface area contributed by atoms with Gasteiger partial charge in [0.25, 0.3) is 5.91 Å². The van der Waals surface area contributed by atoms with Crippen molar-refractivity contribution in [3.05, 3.63) is 78.6 Å². The Kier molecular flexibility index (Phi) is 3.78. The minimum absolute atomic E-state index is 0.284. The maximum atomic E-state index is 12.7. The largest absolute Gasteiger partial charge is 0.459 e. The van der Waals surface area contributed by atoms with Crippen LogP contribution in [0.4, 0.5) is 0 Å². The van der Waals surface area contributed by atoms with Crippen LogP contribution in [0.15, 0.2) is 71.5 Å². The lowest BCUT2D eigenvalue weighted by Gasteiger charge is -2.12. The van der Waals surface area contributed by atoms with Gasteiger partial charge in [0, 0.05) is 11.8 Å². The maximum absolute atomic E-state index is 12.7. The van der Waals surface area contributed by atoms with Crippen molar-refractivity contribution in [2.24, 2.45) is 0 Å². The van der Waals surface area contributed by atoms with Gasteiger partial charge in [-0.2, -0.15) is 0 Å². The number of hydrogen-bond donors (Lipinski definition) is 1. The van der Waals surface area contributed by atoms with E-state index in [1.165, 1.54) is 6.26 Å². The highest BCUT2D eigenvalue weighted by atomic mass is 16.3. The standard InChI is InChI=1S/C19H16N4O2/c1-13(18-22-21-16-9-5-6-11-23(16)18)20-19(24)17-15(10-12-25-17)14-7-3-2-4-8-14/h2-13H,1H3,(H,20,24)/t13-/m0/s1. The molecule has 0 aliphatic carbocycles. The number of benzene rings is 1. The third-order valence-corrected chi connectivity index (χ3v) is 4.03. The molecule has 1 N–H and O–H groups in total. The van der Waals surface area contributed by atoms with Crippen LogP contribution in [0.5, 0.6) is 0 Å². The van der Waals surface area contributed by atoms with E-state index in [-0.39, 0.29) is 17.7 Å².